The predicted molar refractivity (Wildman–Crippen MR) is 62.5 cm³/mol. The number of alkyl halides is 1. The van der Waals surface area contributed by atoms with Crippen LogP contribution in [0.1, 0.15) is 33.6 Å². The highest BCUT2D eigenvalue weighted by atomic mass is 79.9. The smallest absolute Gasteiger partial charge is 0.167 e. The van der Waals surface area contributed by atoms with Gasteiger partial charge >= 0.3 is 0 Å². The van der Waals surface area contributed by atoms with Crippen molar-refractivity contribution in [2.24, 2.45) is 17.3 Å². The van der Waals surface area contributed by atoms with Gasteiger partial charge in [-0.2, -0.15) is 0 Å². The zero-order valence-corrected chi connectivity index (χ0v) is 11.0. The van der Waals surface area contributed by atoms with Gasteiger partial charge in [-0.25, -0.2) is 4.79 Å². The number of carbonyl (C=O) groups excluding carboxylic acids is 1. The van der Waals surface area contributed by atoms with Crippen LogP contribution >= 0.6 is 15.9 Å². The van der Waals surface area contributed by atoms with E-state index in [1.165, 1.54) is 0 Å². The molecule has 0 aromatic carbocycles. The second-order valence-corrected chi connectivity index (χ2v) is 6.71. The van der Waals surface area contributed by atoms with Crippen molar-refractivity contribution in [3.63, 3.8) is 0 Å². The Balaban J connectivity index is 2.11. The molecule has 0 aromatic rings. The fourth-order valence-electron chi connectivity index (χ4n) is 3.05. The summed E-state index contributed by atoms with van der Waals surface area (Å²) in [5, 5.41) is 0. The molecule has 0 aliphatic heterocycles. The Morgan fingerprint density at radius 1 is 1.40 bits per heavy atom. The number of hydrogen-bond donors (Lipinski definition) is 0. The quantitative estimate of drug-likeness (QED) is 0.439. The Morgan fingerprint density at radius 2 is 2.07 bits per heavy atom. The number of fused-ring (bicyclic) bond motifs is 1. The van der Waals surface area contributed by atoms with Gasteiger partial charge in [-0.05, 0) is 37.0 Å². The van der Waals surface area contributed by atoms with E-state index in [1.807, 2.05) is 0 Å². The Morgan fingerprint density at radius 3 is 2.67 bits per heavy atom. The maximum atomic E-state index is 10.2. The average molecular weight is 273 g/mol. The summed E-state index contributed by atoms with van der Waals surface area (Å²) in [6.07, 6.45) is 3.32. The first-order valence-corrected chi connectivity index (χ1v) is 6.34. The average Bonchev–Trinajstić information content (AvgIpc) is 2.66. The second-order valence-electron chi connectivity index (χ2n) is 5.61. The second kappa shape index (κ2) is 3.36. The van der Waals surface area contributed by atoms with Crippen molar-refractivity contribution in [3.8, 4) is 0 Å². The molecule has 0 aromatic heterocycles. The highest BCUT2D eigenvalue weighted by Gasteiger charge is 2.64. The first kappa shape index (κ1) is 11.2. The fourth-order valence-corrected chi connectivity index (χ4v) is 3.75. The topological polar surface area (TPSA) is 26.3 Å². The summed E-state index contributed by atoms with van der Waals surface area (Å²) in [4.78, 5) is 10.5. The van der Waals surface area contributed by atoms with Crippen LogP contribution in [0.2, 0.25) is 0 Å². The van der Waals surface area contributed by atoms with E-state index in [4.69, 9.17) is 4.74 Å². The van der Waals surface area contributed by atoms with Crippen molar-refractivity contribution < 1.29 is 9.53 Å². The van der Waals surface area contributed by atoms with E-state index in [9.17, 15) is 4.79 Å². The number of rotatable bonds is 2. The van der Waals surface area contributed by atoms with Crippen molar-refractivity contribution in [1.82, 2.24) is 0 Å². The van der Waals surface area contributed by atoms with Crippen LogP contribution < -0.4 is 0 Å². The highest BCUT2D eigenvalue weighted by Crippen LogP contribution is 2.67. The van der Waals surface area contributed by atoms with Gasteiger partial charge in [0.1, 0.15) is 5.60 Å². The lowest BCUT2D eigenvalue weighted by Crippen LogP contribution is -2.40. The van der Waals surface area contributed by atoms with Crippen LogP contribution in [-0.4, -0.2) is 16.4 Å². The molecular weight excluding hydrogens is 256 g/mol. The van der Waals surface area contributed by atoms with Gasteiger partial charge in [0.15, 0.2) is 12.2 Å². The summed E-state index contributed by atoms with van der Waals surface area (Å²) in [7, 11) is 0. The highest BCUT2D eigenvalue weighted by molar-refractivity contribution is 9.09. The normalized spacial score (nSPS) is 46.3. The van der Waals surface area contributed by atoms with Crippen molar-refractivity contribution in [2.45, 2.75) is 44.0 Å². The predicted octanol–water partition coefficient (Wildman–Crippen LogP) is 2.94. The molecule has 0 saturated heterocycles. The first-order valence-electron chi connectivity index (χ1n) is 5.43. The van der Waals surface area contributed by atoms with Crippen molar-refractivity contribution in [1.29, 1.82) is 0 Å². The lowest BCUT2D eigenvalue weighted by molar-refractivity contribution is 0.0111. The van der Waals surface area contributed by atoms with Gasteiger partial charge in [0, 0.05) is 0 Å². The lowest BCUT2D eigenvalue weighted by Gasteiger charge is -2.36. The molecule has 0 N–H and O–H groups in total. The van der Waals surface area contributed by atoms with Gasteiger partial charge in [0.05, 0.1) is 4.83 Å². The van der Waals surface area contributed by atoms with Gasteiger partial charge in [-0.1, -0.05) is 29.8 Å². The van der Waals surface area contributed by atoms with Gasteiger partial charge in [-0.3, -0.25) is 0 Å². The molecule has 2 rings (SSSR count). The summed E-state index contributed by atoms with van der Waals surface area (Å²) in [6.45, 7) is 6.72. The molecule has 2 nitrogen and oxygen atoms in total. The van der Waals surface area contributed by atoms with Crippen LogP contribution in [0.25, 0.3) is 0 Å². The third kappa shape index (κ3) is 1.66. The molecule has 0 heterocycles. The minimum Gasteiger partial charge on any atom is -0.482 e. The maximum absolute atomic E-state index is 10.2. The van der Waals surface area contributed by atoms with Gasteiger partial charge in [-0.15, -0.1) is 0 Å². The molecule has 84 valence electrons. The van der Waals surface area contributed by atoms with E-state index in [-0.39, 0.29) is 5.60 Å². The molecule has 3 heteroatoms. The Labute approximate surface area is 99.2 Å². The largest absolute Gasteiger partial charge is 0.482 e. The van der Waals surface area contributed by atoms with E-state index >= 15 is 0 Å². The molecule has 0 spiro atoms. The third-order valence-corrected chi connectivity index (χ3v) is 5.76. The minimum absolute atomic E-state index is 0.244. The van der Waals surface area contributed by atoms with Crippen LogP contribution in [0, 0.1) is 17.3 Å². The summed E-state index contributed by atoms with van der Waals surface area (Å²) >= 11 is 3.68. The summed E-state index contributed by atoms with van der Waals surface area (Å²) in [6, 6.07) is 0. The van der Waals surface area contributed by atoms with Gasteiger partial charge < -0.3 is 4.74 Å². The monoisotopic (exact) mass is 272 g/mol. The molecule has 0 bridgehead atoms. The molecule has 2 aliphatic carbocycles. The Bertz CT molecular complexity index is 320. The Kier molecular flexibility index (Phi) is 2.51. The molecule has 0 amide bonds. The Hall–Kier alpha value is -0.270. The molecule has 15 heavy (non-hydrogen) atoms. The first-order chi connectivity index (χ1) is 6.92. The maximum Gasteiger partial charge on any atom is 0.167 e. The van der Waals surface area contributed by atoms with Crippen LogP contribution in [0.4, 0.5) is 0 Å². The fraction of sp³-hybridized carbons (Fsp3) is 0.833. The van der Waals surface area contributed by atoms with Crippen molar-refractivity contribution in [3.05, 3.63) is 6.26 Å². The molecule has 0 unspecified atom stereocenters. The number of hydrogen-bond acceptors (Lipinski definition) is 2. The van der Waals surface area contributed by atoms with Crippen LogP contribution in [0.15, 0.2) is 6.26 Å². The van der Waals surface area contributed by atoms with Crippen LogP contribution in [0.5, 0.6) is 0 Å². The molecule has 4 atom stereocenters. The third-order valence-electron chi connectivity index (χ3n) is 4.41. The summed E-state index contributed by atoms with van der Waals surface area (Å²) in [5.74, 6) is 3.26. The van der Waals surface area contributed by atoms with Gasteiger partial charge in [0.25, 0.3) is 0 Å². The zero-order chi connectivity index (χ0) is 11.3. The van der Waals surface area contributed by atoms with Crippen molar-refractivity contribution in [2.75, 3.05) is 0 Å². The standard InChI is InChI=1S/C12H17BrO2/c1-11(2)8-6-10(13)12(3,7-9(8)11)15-5-4-14/h5,8-10H,6-7H2,1-3H3/t8-,9+,10-,12-/m1/s1. The molecule has 2 aliphatic rings. The van der Waals surface area contributed by atoms with Crippen LogP contribution in [0.3, 0.4) is 0 Å². The SMILES string of the molecule is CC1(C)[C@@H]2C[C@@H](Br)[C@](C)(OC=C=O)C[C@@H]21. The van der Waals surface area contributed by atoms with Crippen LogP contribution in [-0.2, 0) is 9.53 Å². The van der Waals surface area contributed by atoms with E-state index in [0.717, 1.165) is 30.9 Å². The summed E-state index contributed by atoms with van der Waals surface area (Å²) in [5.41, 5.74) is 0.213. The van der Waals surface area contributed by atoms with E-state index < -0.39 is 0 Å². The lowest BCUT2D eigenvalue weighted by atomic mass is 9.86. The molecule has 2 fully saturated rings. The summed E-state index contributed by atoms with van der Waals surface area (Å²) < 4.78 is 5.53. The number of halogens is 1. The molecule has 2 saturated carbocycles. The zero-order valence-electron chi connectivity index (χ0n) is 9.42. The molecule has 0 radical (unpaired) electrons. The van der Waals surface area contributed by atoms with E-state index in [0.29, 0.717) is 10.2 Å². The van der Waals surface area contributed by atoms with Crippen molar-refractivity contribution >= 4 is 21.9 Å². The van der Waals surface area contributed by atoms with E-state index in [2.05, 4.69) is 36.7 Å². The minimum atomic E-state index is -0.244. The number of ether oxygens (including phenoxy) is 1. The molecular formula is C12H17BrO2. The van der Waals surface area contributed by atoms with Gasteiger partial charge in [0.2, 0.25) is 0 Å². The van der Waals surface area contributed by atoms with E-state index in [1.54, 1.807) is 5.94 Å².